The van der Waals surface area contributed by atoms with Gasteiger partial charge in [-0.15, -0.1) is 0 Å². The lowest BCUT2D eigenvalue weighted by Crippen LogP contribution is -2.30. The molecule has 0 atom stereocenters. The summed E-state index contributed by atoms with van der Waals surface area (Å²) in [5.74, 6) is 5.33. The summed E-state index contributed by atoms with van der Waals surface area (Å²) in [6.07, 6.45) is 17.8. The number of hydrogen-bond donors (Lipinski definition) is 3. The van der Waals surface area contributed by atoms with Crippen LogP contribution in [0.2, 0.25) is 0 Å². The molecule has 0 radical (unpaired) electrons. The quantitative estimate of drug-likeness (QED) is 0.0635. The van der Waals surface area contributed by atoms with Crippen LogP contribution in [0.25, 0.3) is 50.3 Å². The maximum Gasteiger partial charge on any atom is 0.247 e. The van der Waals surface area contributed by atoms with E-state index in [1.807, 2.05) is 182 Å². The van der Waals surface area contributed by atoms with Gasteiger partial charge in [0, 0.05) is 129 Å². The molecule has 0 aliphatic carbocycles. The molecule has 0 unspecified atom stereocenters. The van der Waals surface area contributed by atoms with Gasteiger partial charge in [-0.25, -0.2) is 39.9 Å². The molecular weight excluding hydrogens is 1250 g/mol. The number of carbonyl (C=O) groups is 4. The van der Waals surface area contributed by atoms with Crippen LogP contribution in [0.5, 0.6) is 23.3 Å². The van der Waals surface area contributed by atoms with E-state index >= 15 is 0 Å². The molecular formula is C73H68N20O6. The molecule has 496 valence electrons. The van der Waals surface area contributed by atoms with Gasteiger partial charge in [-0.2, -0.15) is 0 Å². The van der Waals surface area contributed by atoms with Gasteiger partial charge in [0.1, 0.15) is 62.6 Å². The van der Waals surface area contributed by atoms with Gasteiger partial charge in [-0.1, -0.05) is 74.3 Å². The second kappa shape index (κ2) is 28.0. The molecule has 3 aliphatic rings. The summed E-state index contributed by atoms with van der Waals surface area (Å²) in [6, 6.07) is 39.4. The number of aromatic nitrogens is 11. The van der Waals surface area contributed by atoms with E-state index in [4.69, 9.17) is 41.6 Å². The van der Waals surface area contributed by atoms with Gasteiger partial charge in [0.15, 0.2) is 5.78 Å². The van der Waals surface area contributed by atoms with E-state index in [1.165, 1.54) is 18.2 Å². The Labute approximate surface area is 568 Å². The van der Waals surface area contributed by atoms with Gasteiger partial charge < -0.3 is 56.1 Å². The fourth-order valence-corrected chi connectivity index (χ4v) is 12.1. The van der Waals surface area contributed by atoms with Crippen molar-refractivity contribution in [3.8, 4) is 57.0 Å². The van der Waals surface area contributed by atoms with Crippen molar-refractivity contribution >= 4 is 75.4 Å². The summed E-state index contributed by atoms with van der Waals surface area (Å²) in [5.41, 5.74) is 28.7. The van der Waals surface area contributed by atoms with Crippen LogP contribution in [0.1, 0.15) is 27.0 Å². The van der Waals surface area contributed by atoms with Crippen LogP contribution in [0, 0.1) is 13.8 Å². The lowest BCUT2D eigenvalue weighted by molar-refractivity contribution is -0.125. The highest BCUT2D eigenvalue weighted by Crippen LogP contribution is 2.38. The first-order valence-electron chi connectivity index (χ1n) is 31.6. The summed E-state index contributed by atoms with van der Waals surface area (Å²) in [6.45, 7) is 19.7. The van der Waals surface area contributed by atoms with Crippen molar-refractivity contribution in [3.05, 3.63) is 237 Å². The Hall–Kier alpha value is -13.3. The number of carbonyl (C=O) groups excluding carboxylic acids is 4. The Balaban J connectivity index is 0.000000133. The minimum atomic E-state index is -0.112. The third kappa shape index (κ3) is 13.2. The highest BCUT2D eigenvalue weighted by Gasteiger charge is 2.32. The van der Waals surface area contributed by atoms with Gasteiger partial charge in [0.2, 0.25) is 47.3 Å². The zero-order valence-corrected chi connectivity index (χ0v) is 54.2. The Kier molecular flexibility index (Phi) is 18.2. The highest BCUT2D eigenvalue weighted by molar-refractivity contribution is 6.10. The van der Waals surface area contributed by atoms with Crippen molar-refractivity contribution in [3.63, 3.8) is 0 Å². The van der Waals surface area contributed by atoms with Crippen molar-refractivity contribution in [2.45, 2.75) is 13.8 Å². The molecule has 99 heavy (non-hydrogen) atoms. The number of nitrogens with two attached hydrogens (primary N) is 3. The molecule has 3 aliphatic heterocycles. The fourth-order valence-electron chi connectivity index (χ4n) is 12.1. The number of benzene rings is 4. The number of nitrogens with zero attached hydrogens (tertiary/aromatic N) is 17. The van der Waals surface area contributed by atoms with Crippen LogP contribution in [0.3, 0.4) is 0 Å². The molecule has 12 aromatic rings. The molecule has 11 heterocycles. The lowest BCUT2D eigenvalue weighted by Gasteiger charge is -2.17. The summed E-state index contributed by atoms with van der Waals surface area (Å²) in [5, 5.41) is 0. The number of fused-ring (bicyclic) bond motifs is 3. The molecule has 26 nitrogen and oxygen atoms in total. The molecule has 8 aromatic heterocycles. The van der Waals surface area contributed by atoms with Crippen LogP contribution in [-0.2, 0) is 14.4 Å². The monoisotopic (exact) mass is 1320 g/mol. The Morgan fingerprint density at radius 1 is 0.434 bits per heavy atom. The molecule has 3 saturated heterocycles. The summed E-state index contributed by atoms with van der Waals surface area (Å²) in [4.78, 5) is 96.3. The minimum Gasteiger partial charge on any atom is -0.439 e. The summed E-state index contributed by atoms with van der Waals surface area (Å²) < 4.78 is 17.4. The van der Waals surface area contributed by atoms with Crippen LogP contribution >= 0.6 is 0 Å². The van der Waals surface area contributed by atoms with Crippen molar-refractivity contribution in [2.75, 3.05) is 91.2 Å². The second-order valence-corrected chi connectivity index (χ2v) is 23.3. The van der Waals surface area contributed by atoms with E-state index in [0.717, 1.165) is 44.5 Å². The normalized spacial score (nSPS) is 13.5. The van der Waals surface area contributed by atoms with Gasteiger partial charge in [-0.05, 0) is 104 Å². The number of rotatable bonds is 15. The predicted octanol–water partition coefficient (Wildman–Crippen LogP) is 9.53. The summed E-state index contributed by atoms with van der Waals surface area (Å²) in [7, 11) is 0. The first-order chi connectivity index (χ1) is 48.2. The number of aryl methyl sites for hydroxylation is 2. The second-order valence-electron chi connectivity index (χ2n) is 23.3. The van der Waals surface area contributed by atoms with Gasteiger partial charge in [0.25, 0.3) is 0 Å². The van der Waals surface area contributed by atoms with E-state index < -0.39 is 0 Å². The van der Waals surface area contributed by atoms with Crippen LogP contribution < -0.4 is 41.4 Å². The molecule has 3 amide bonds. The molecule has 4 aromatic carbocycles. The van der Waals surface area contributed by atoms with Crippen LogP contribution in [0.4, 0.5) is 35.3 Å². The number of amides is 3. The van der Waals surface area contributed by atoms with E-state index in [-0.39, 0.29) is 23.5 Å². The minimum absolute atomic E-state index is 0.0229. The zero-order valence-electron chi connectivity index (χ0n) is 54.2. The first-order valence-corrected chi connectivity index (χ1v) is 31.6. The molecule has 26 heteroatoms. The fraction of sp³-hybridized carbons (Fsp3) is 0.151. The maximum absolute atomic E-state index is 13.0. The Morgan fingerprint density at radius 3 is 1.25 bits per heavy atom. The third-order valence-corrected chi connectivity index (χ3v) is 17.0. The standard InChI is InChI=1S/C26H24N6O2.C24H23N7O2.C23H21N7O2/c1-3-21(33)30-13-14-31(16-30)26-29-22(23-25(27)28-11-12-32(23)26)19-9-10-20(17(2)15-19)24(34)18-7-5-4-6-8-18;1-3-20(32)29-12-13-30(15-29)24-28-21(22-23(25)27-10-11-31(22)24)17-7-8-18(16(2)14-17)33-19-6-4-5-9-26-19;1-2-19(31)28-13-14-29(15-28)23-27-20(21-22(24)26-11-12-30(21)23)16-6-8-17(9-7-16)32-18-5-3-4-10-25-18/h3-12,15H,1,13-14,16H2,2H3,(H2,27,28);3-11,14H,1,12-13,15H2,2H3,(H2,25,27);2-12H,1,13-15H2,(H2,24,26). The van der Waals surface area contributed by atoms with E-state index in [9.17, 15) is 19.2 Å². The third-order valence-electron chi connectivity index (χ3n) is 17.0. The van der Waals surface area contributed by atoms with E-state index in [0.29, 0.717) is 146 Å². The predicted molar refractivity (Wildman–Crippen MR) is 379 cm³/mol. The molecule has 0 saturated carbocycles. The SMILES string of the molecule is C=CC(=O)N1CCN(c2nc(-c3ccc(C(=O)c4ccccc4)c(C)c3)c3c(N)nccn23)C1.C=CC(=O)N1CCN(c2nc(-c3ccc(Oc4ccccn4)c(C)c3)c3c(N)nccn23)C1.C=CC(=O)N1CCN(c2nc(-c3ccc(Oc4ccccn4)cc3)c3c(N)nccn23)C1. The average Bonchev–Trinajstić information content (AvgIpc) is 1.63. The highest BCUT2D eigenvalue weighted by atomic mass is 16.5. The zero-order chi connectivity index (χ0) is 68.8. The maximum atomic E-state index is 13.0. The molecule has 0 spiro atoms. The molecule has 6 N–H and O–H groups in total. The van der Waals surface area contributed by atoms with Gasteiger partial charge >= 0.3 is 0 Å². The average molecular weight is 1320 g/mol. The first kappa shape index (κ1) is 64.4. The largest absolute Gasteiger partial charge is 0.439 e. The molecule has 15 rings (SSSR count). The van der Waals surface area contributed by atoms with Crippen molar-refractivity contribution in [1.82, 2.24) is 67.8 Å². The van der Waals surface area contributed by atoms with E-state index in [2.05, 4.69) is 44.7 Å². The topological polar surface area (TPSA) is 301 Å². The van der Waals surface area contributed by atoms with Crippen molar-refractivity contribution in [1.29, 1.82) is 0 Å². The number of pyridine rings is 2. The number of anilines is 6. The summed E-state index contributed by atoms with van der Waals surface area (Å²) >= 11 is 0. The van der Waals surface area contributed by atoms with Gasteiger partial charge in [0.05, 0.1) is 20.0 Å². The Morgan fingerprint density at radius 2 is 0.838 bits per heavy atom. The number of ether oxygens (including phenoxy) is 2. The number of nitrogen functional groups attached to an aromatic ring is 3. The van der Waals surface area contributed by atoms with Crippen LogP contribution in [-0.4, -0.2) is 151 Å². The molecule has 3 fully saturated rings. The van der Waals surface area contributed by atoms with Crippen molar-refractivity contribution < 1.29 is 28.7 Å². The van der Waals surface area contributed by atoms with Crippen molar-refractivity contribution in [2.24, 2.45) is 0 Å². The van der Waals surface area contributed by atoms with Crippen LogP contribution in [0.15, 0.2) is 215 Å². The number of ketones is 1. The number of hydrogen-bond acceptors (Lipinski definition) is 20. The lowest BCUT2D eigenvalue weighted by atomic mass is 9.96. The van der Waals surface area contributed by atoms with Gasteiger partial charge in [-0.3, -0.25) is 32.4 Å². The smallest absolute Gasteiger partial charge is 0.247 e. The number of imidazole rings is 3. The Bertz CT molecular complexity index is 5060. The molecule has 0 bridgehead atoms. The van der Waals surface area contributed by atoms with E-state index in [1.54, 1.807) is 51.8 Å².